The van der Waals surface area contributed by atoms with E-state index in [1.807, 2.05) is 18.2 Å². The first-order chi connectivity index (χ1) is 10.2. The minimum absolute atomic E-state index is 0.617. The van der Waals surface area contributed by atoms with Crippen molar-refractivity contribution in [3.05, 3.63) is 24.5 Å². The number of nitrogens with two attached hydrogens (primary N) is 1. The van der Waals surface area contributed by atoms with Crippen LogP contribution in [-0.2, 0) is 0 Å². The number of rotatable bonds is 4. The summed E-state index contributed by atoms with van der Waals surface area (Å²) >= 11 is 0. The lowest BCUT2D eigenvalue weighted by Gasteiger charge is -2.28. The third-order valence-corrected chi connectivity index (χ3v) is 4.39. The maximum Gasteiger partial charge on any atom is 0.139 e. The number of likely N-dealkylation sites (tertiary alicyclic amines) is 1. The summed E-state index contributed by atoms with van der Waals surface area (Å²) in [5.41, 5.74) is 7.61. The van der Waals surface area contributed by atoms with Crippen LogP contribution in [-0.4, -0.2) is 47.6 Å². The number of likely N-dealkylation sites (N-methyl/N-ethyl adjacent to an activating group) is 2. The molecule has 5 heteroatoms. The van der Waals surface area contributed by atoms with Crippen molar-refractivity contribution >= 4 is 22.4 Å². The van der Waals surface area contributed by atoms with Crippen LogP contribution in [0.1, 0.15) is 19.8 Å². The molecule has 1 atom stereocenters. The van der Waals surface area contributed by atoms with Crippen molar-refractivity contribution in [2.75, 3.05) is 37.3 Å². The van der Waals surface area contributed by atoms with Crippen molar-refractivity contribution in [1.82, 2.24) is 14.9 Å². The zero-order chi connectivity index (χ0) is 14.8. The van der Waals surface area contributed by atoms with Gasteiger partial charge in [-0.25, -0.2) is 9.97 Å². The normalized spacial score (nSPS) is 19.2. The molecule has 0 spiro atoms. The number of aromatic nitrogens is 2. The predicted molar refractivity (Wildman–Crippen MR) is 87.5 cm³/mol. The van der Waals surface area contributed by atoms with Crippen LogP contribution < -0.4 is 10.6 Å². The van der Waals surface area contributed by atoms with E-state index in [2.05, 4.69) is 33.7 Å². The molecule has 1 aromatic heterocycles. The second-order valence-corrected chi connectivity index (χ2v) is 5.78. The van der Waals surface area contributed by atoms with E-state index in [0.29, 0.717) is 6.04 Å². The Kier molecular flexibility index (Phi) is 3.92. The largest absolute Gasteiger partial charge is 0.399 e. The summed E-state index contributed by atoms with van der Waals surface area (Å²) in [6.45, 7) is 5.57. The number of nitrogens with zero attached hydrogens (tertiary/aromatic N) is 4. The van der Waals surface area contributed by atoms with Gasteiger partial charge in [0.1, 0.15) is 12.1 Å². The highest BCUT2D eigenvalue weighted by atomic mass is 15.2. The summed E-state index contributed by atoms with van der Waals surface area (Å²) in [6, 6.07) is 6.42. The van der Waals surface area contributed by atoms with Crippen LogP contribution in [0, 0.1) is 0 Å². The predicted octanol–water partition coefficient (Wildman–Crippen LogP) is 2.13. The molecule has 0 radical (unpaired) electrons. The quantitative estimate of drug-likeness (QED) is 0.872. The Balaban J connectivity index is 1.87. The van der Waals surface area contributed by atoms with E-state index in [-0.39, 0.29) is 0 Å². The molecule has 0 aliphatic carbocycles. The van der Waals surface area contributed by atoms with Gasteiger partial charge in [0, 0.05) is 30.7 Å². The van der Waals surface area contributed by atoms with Crippen molar-refractivity contribution in [3.63, 3.8) is 0 Å². The summed E-state index contributed by atoms with van der Waals surface area (Å²) in [7, 11) is 2.11. The third kappa shape index (κ3) is 2.78. The van der Waals surface area contributed by atoms with E-state index in [9.17, 15) is 0 Å². The van der Waals surface area contributed by atoms with Gasteiger partial charge >= 0.3 is 0 Å². The topological polar surface area (TPSA) is 58.3 Å². The lowest BCUT2D eigenvalue weighted by molar-refractivity contribution is 0.270. The second-order valence-electron chi connectivity index (χ2n) is 5.78. The molecule has 1 aliphatic heterocycles. The van der Waals surface area contributed by atoms with Crippen LogP contribution in [0.15, 0.2) is 24.5 Å². The highest BCUT2D eigenvalue weighted by Gasteiger charge is 2.24. The van der Waals surface area contributed by atoms with Crippen molar-refractivity contribution in [3.8, 4) is 0 Å². The Morgan fingerprint density at radius 3 is 3.05 bits per heavy atom. The van der Waals surface area contributed by atoms with Crippen LogP contribution in [0.5, 0.6) is 0 Å². The first-order valence-electron chi connectivity index (χ1n) is 7.64. The van der Waals surface area contributed by atoms with Gasteiger partial charge in [0.05, 0.1) is 5.52 Å². The second kappa shape index (κ2) is 5.85. The summed E-state index contributed by atoms with van der Waals surface area (Å²) < 4.78 is 0. The van der Waals surface area contributed by atoms with Crippen LogP contribution >= 0.6 is 0 Å². The molecule has 3 rings (SSSR count). The van der Waals surface area contributed by atoms with Crippen LogP contribution in [0.2, 0.25) is 0 Å². The molecule has 1 aliphatic rings. The smallest absolute Gasteiger partial charge is 0.139 e. The fourth-order valence-electron chi connectivity index (χ4n) is 3.29. The summed E-state index contributed by atoms with van der Waals surface area (Å²) in [5, 5.41) is 1.03. The molecule has 0 amide bonds. The zero-order valence-electron chi connectivity index (χ0n) is 12.8. The average molecular weight is 285 g/mol. The standard InChI is InChI=1S/C16H23N5/c1-3-21-8-4-5-13(21)10-20(2)16-14-9-12(17)6-7-15(14)18-11-19-16/h6-7,9,11,13H,3-5,8,10,17H2,1-2H3. The fraction of sp³-hybridized carbons (Fsp3) is 0.500. The highest BCUT2D eigenvalue weighted by Crippen LogP contribution is 2.26. The maximum atomic E-state index is 5.92. The fourth-order valence-corrected chi connectivity index (χ4v) is 3.29. The molecule has 2 heterocycles. The van der Waals surface area contributed by atoms with E-state index in [0.717, 1.165) is 35.5 Å². The van der Waals surface area contributed by atoms with Gasteiger partial charge in [0.2, 0.25) is 0 Å². The Labute approximate surface area is 125 Å². The van der Waals surface area contributed by atoms with E-state index in [1.54, 1.807) is 6.33 Å². The molecule has 2 N–H and O–H groups in total. The molecule has 2 aromatic rings. The Morgan fingerprint density at radius 1 is 1.38 bits per heavy atom. The monoisotopic (exact) mass is 285 g/mol. The van der Waals surface area contributed by atoms with E-state index < -0.39 is 0 Å². The van der Waals surface area contributed by atoms with Crippen LogP contribution in [0.4, 0.5) is 11.5 Å². The number of nitrogen functional groups attached to an aromatic ring is 1. The van der Waals surface area contributed by atoms with E-state index in [4.69, 9.17) is 5.73 Å². The van der Waals surface area contributed by atoms with Crippen LogP contribution in [0.3, 0.4) is 0 Å². The van der Waals surface area contributed by atoms with Crippen molar-refractivity contribution in [1.29, 1.82) is 0 Å². The van der Waals surface area contributed by atoms with Gasteiger partial charge in [-0.1, -0.05) is 6.92 Å². The summed E-state index contributed by atoms with van der Waals surface area (Å²) in [5.74, 6) is 0.968. The molecule has 5 nitrogen and oxygen atoms in total. The van der Waals surface area contributed by atoms with Gasteiger partial charge in [0.25, 0.3) is 0 Å². The third-order valence-electron chi connectivity index (χ3n) is 4.39. The van der Waals surface area contributed by atoms with Crippen molar-refractivity contribution in [2.45, 2.75) is 25.8 Å². The Bertz CT molecular complexity index is 627. The number of anilines is 2. The Hall–Kier alpha value is -1.88. The molecule has 1 unspecified atom stereocenters. The van der Waals surface area contributed by atoms with E-state index >= 15 is 0 Å². The van der Waals surface area contributed by atoms with E-state index in [1.165, 1.54) is 19.4 Å². The molecule has 1 saturated heterocycles. The number of hydrogen-bond acceptors (Lipinski definition) is 5. The van der Waals surface area contributed by atoms with Gasteiger partial charge in [-0.2, -0.15) is 0 Å². The molecule has 1 aromatic carbocycles. The first-order valence-corrected chi connectivity index (χ1v) is 7.64. The number of hydrogen-bond donors (Lipinski definition) is 1. The average Bonchev–Trinajstić information content (AvgIpc) is 2.93. The van der Waals surface area contributed by atoms with Gasteiger partial charge in [0.15, 0.2) is 0 Å². The number of benzene rings is 1. The number of fused-ring (bicyclic) bond motifs is 1. The van der Waals surface area contributed by atoms with Gasteiger partial charge < -0.3 is 10.6 Å². The van der Waals surface area contributed by atoms with Gasteiger partial charge in [-0.05, 0) is 44.1 Å². The SMILES string of the molecule is CCN1CCCC1CN(C)c1ncnc2ccc(N)cc12. The minimum atomic E-state index is 0.617. The molecular formula is C16H23N5. The maximum absolute atomic E-state index is 5.92. The first kappa shape index (κ1) is 14.1. The van der Waals surface area contributed by atoms with Crippen molar-refractivity contribution in [2.24, 2.45) is 0 Å². The lowest BCUT2D eigenvalue weighted by Crippen LogP contribution is -2.39. The minimum Gasteiger partial charge on any atom is -0.399 e. The zero-order valence-corrected chi connectivity index (χ0v) is 12.8. The van der Waals surface area contributed by atoms with Gasteiger partial charge in [-0.15, -0.1) is 0 Å². The molecule has 1 fully saturated rings. The molecule has 0 bridgehead atoms. The molecule has 0 saturated carbocycles. The summed E-state index contributed by atoms with van der Waals surface area (Å²) in [6.07, 6.45) is 4.20. The lowest BCUT2D eigenvalue weighted by atomic mass is 10.1. The Morgan fingerprint density at radius 2 is 2.24 bits per heavy atom. The highest BCUT2D eigenvalue weighted by molar-refractivity contribution is 5.91. The molecule has 112 valence electrons. The van der Waals surface area contributed by atoms with Crippen molar-refractivity contribution < 1.29 is 0 Å². The van der Waals surface area contributed by atoms with Gasteiger partial charge in [-0.3, -0.25) is 4.90 Å². The molecule has 21 heavy (non-hydrogen) atoms. The van der Waals surface area contributed by atoms with Crippen LogP contribution in [0.25, 0.3) is 10.9 Å². The molecular weight excluding hydrogens is 262 g/mol. The summed E-state index contributed by atoms with van der Waals surface area (Å²) in [4.78, 5) is 13.6.